The zero-order valence-corrected chi connectivity index (χ0v) is 21.3. The molecule has 8 nitrogen and oxygen atoms in total. The average molecular weight is 474 g/mol. The second-order valence-corrected chi connectivity index (χ2v) is 9.88. The van der Waals surface area contributed by atoms with Crippen LogP contribution in [0.2, 0.25) is 0 Å². The lowest BCUT2D eigenvalue weighted by molar-refractivity contribution is -0.143. The highest BCUT2D eigenvalue weighted by molar-refractivity contribution is 5.92. The van der Waals surface area contributed by atoms with Crippen molar-refractivity contribution in [2.75, 3.05) is 13.2 Å². The van der Waals surface area contributed by atoms with E-state index in [-0.39, 0.29) is 25.1 Å². The van der Waals surface area contributed by atoms with Crippen molar-refractivity contribution in [1.29, 1.82) is 0 Å². The van der Waals surface area contributed by atoms with Gasteiger partial charge in [0.15, 0.2) is 0 Å². The smallest absolute Gasteiger partial charge is 0.408 e. The van der Waals surface area contributed by atoms with Crippen LogP contribution in [-0.4, -0.2) is 58.8 Å². The van der Waals surface area contributed by atoms with E-state index < -0.39 is 35.6 Å². The SMILES string of the molecule is C#Cc1ccccc1C(C(=O)NC(C)C)N(CCO)C(=O)C(CC(C)C)NC(=O)OC(C)(C)C. The first-order valence-corrected chi connectivity index (χ1v) is 11.6. The Bertz CT molecular complexity index is 883. The molecule has 2 unspecified atom stereocenters. The molecular weight excluding hydrogens is 434 g/mol. The standard InChI is InChI=1S/C26H39N3O5/c1-9-19-12-10-11-13-20(19)22(23(31)27-18(4)5)29(14-15-30)24(32)21(16-17(2)3)28-25(33)34-26(6,7)8/h1,10-13,17-18,21-22,30H,14-16H2,2-8H3,(H,27,31)(H,28,33). The zero-order chi connectivity index (χ0) is 26.1. The Hall–Kier alpha value is -3.05. The van der Waals surface area contributed by atoms with Crippen LogP contribution in [0.25, 0.3) is 0 Å². The van der Waals surface area contributed by atoms with Gasteiger partial charge in [-0.05, 0) is 58.6 Å². The first kappa shape index (κ1) is 29.0. The van der Waals surface area contributed by atoms with Gasteiger partial charge in [-0.25, -0.2) is 4.79 Å². The second-order valence-electron chi connectivity index (χ2n) is 9.88. The number of carbonyl (C=O) groups excluding carboxylic acids is 3. The number of terminal acetylenes is 1. The number of aliphatic hydroxyl groups is 1. The monoisotopic (exact) mass is 473 g/mol. The van der Waals surface area contributed by atoms with E-state index in [1.54, 1.807) is 45.0 Å². The Morgan fingerprint density at radius 1 is 1.12 bits per heavy atom. The predicted molar refractivity (Wildman–Crippen MR) is 132 cm³/mol. The quantitative estimate of drug-likeness (QED) is 0.453. The molecule has 0 fully saturated rings. The van der Waals surface area contributed by atoms with Crippen molar-refractivity contribution in [2.45, 2.75) is 78.6 Å². The maximum atomic E-state index is 13.8. The molecule has 0 saturated heterocycles. The Kier molecular flexibility index (Phi) is 11.1. The number of alkyl carbamates (subject to hydrolysis) is 1. The highest BCUT2D eigenvalue weighted by Gasteiger charge is 2.37. The van der Waals surface area contributed by atoms with E-state index >= 15 is 0 Å². The van der Waals surface area contributed by atoms with Gasteiger partial charge in [-0.15, -0.1) is 6.42 Å². The molecule has 8 heteroatoms. The largest absolute Gasteiger partial charge is 0.444 e. The second kappa shape index (κ2) is 13.0. The minimum atomic E-state index is -1.09. The van der Waals surface area contributed by atoms with E-state index in [9.17, 15) is 19.5 Å². The number of hydrogen-bond acceptors (Lipinski definition) is 5. The van der Waals surface area contributed by atoms with Crippen LogP contribution in [0.1, 0.15) is 72.1 Å². The molecule has 3 N–H and O–H groups in total. The molecule has 0 aromatic heterocycles. The van der Waals surface area contributed by atoms with Crippen LogP contribution in [0.5, 0.6) is 0 Å². The number of rotatable bonds is 10. The van der Waals surface area contributed by atoms with Crippen LogP contribution in [0.4, 0.5) is 4.79 Å². The van der Waals surface area contributed by atoms with Gasteiger partial charge >= 0.3 is 6.09 Å². The zero-order valence-electron chi connectivity index (χ0n) is 21.3. The molecule has 1 aromatic carbocycles. The molecule has 0 radical (unpaired) electrons. The van der Waals surface area contributed by atoms with Crippen LogP contribution in [0.3, 0.4) is 0 Å². The number of benzene rings is 1. The minimum Gasteiger partial charge on any atom is -0.444 e. The van der Waals surface area contributed by atoms with Gasteiger partial charge in [0.2, 0.25) is 11.8 Å². The molecule has 0 heterocycles. The molecule has 0 bridgehead atoms. The van der Waals surface area contributed by atoms with Crippen LogP contribution in [0, 0.1) is 18.3 Å². The molecule has 0 spiro atoms. The minimum absolute atomic E-state index is 0.0563. The van der Waals surface area contributed by atoms with E-state index in [1.165, 1.54) is 4.90 Å². The van der Waals surface area contributed by atoms with Crippen molar-refractivity contribution in [1.82, 2.24) is 15.5 Å². The molecular formula is C26H39N3O5. The van der Waals surface area contributed by atoms with Gasteiger partial charge in [0.25, 0.3) is 0 Å². The molecule has 0 saturated carbocycles. The van der Waals surface area contributed by atoms with E-state index in [0.29, 0.717) is 17.5 Å². The Morgan fingerprint density at radius 2 is 1.74 bits per heavy atom. The summed E-state index contributed by atoms with van der Waals surface area (Å²) in [5.41, 5.74) is 0.180. The molecule has 1 aromatic rings. The van der Waals surface area contributed by atoms with Crippen molar-refractivity contribution in [3.05, 3.63) is 35.4 Å². The molecule has 0 aliphatic heterocycles. The number of nitrogens with zero attached hydrogens (tertiary/aromatic N) is 1. The summed E-state index contributed by atoms with van der Waals surface area (Å²) < 4.78 is 5.35. The van der Waals surface area contributed by atoms with E-state index in [2.05, 4.69) is 16.6 Å². The molecule has 188 valence electrons. The fraction of sp³-hybridized carbons (Fsp3) is 0.577. The topological polar surface area (TPSA) is 108 Å². The van der Waals surface area contributed by atoms with Crippen LogP contribution in [-0.2, 0) is 14.3 Å². The Balaban J connectivity index is 3.50. The van der Waals surface area contributed by atoms with Gasteiger partial charge in [0, 0.05) is 18.2 Å². The van der Waals surface area contributed by atoms with Gasteiger partial charge in [-0.3, -0.25) is 9.59 Å². The molecule has 0 aliphatic carbocycles. The van der Waals surface area contributed by atoms with Crippen molar-refractivity contribution in [2.24, 2.45) is 5.92 Å². The molecule has 3 amide bonds. The lowest BCUT2D eigenvalue weighted by Gasteiger charge is -2.35. The van der Waals surface area contributed by atoms with E-state index in [1.807, 2.05) is 27.7 Å². The maximum absolute atomic E-state index is 13.8. The number of ether oxygens (including phenoxy) is 1. The molecule has 1 rings (SSSR count). The third-order valence-electron chi connectivity index (χ3n) is 4.72. The summed E-state index contributed by atoms with van der Waals surface area (Å²) in [4.78, 5) is 40.9. The van der Waals surface area contributed by atoms with Gasteiger partial charge in [0.1, 0.15) is 17.7 Å². The van der Waals surface area contributed by atoms with Gasteiger partial charge in [0.05, 0.1) is 6.61 Å². The fourth-order valence-electron chi connectivity index (χ4n) is 3.50. The Morgan fingerprint density at radius 3 is 2.24 bits per heavy atom. The van der Waals surface area contributed by atoms with Crippen LogP contribution >= 0.6 is 0 Å². The Labute approximate surface area is 203 Å². The van der Waals surface area contributed by atoms with Gasteiger partial charge in [-0.2, -0.15) is 0 Å². The third-order valence-corrected chi connectivity index (χ3v) is 4.72. The summed E-state index contributed by atoms with van der Waals surface area (Å²) in [5.74, 6) is 1.69. The number of amides is 3. The van der Waals surface area contributed by atoms with Crippen molar-refractivity contribution in [3.8, 4) is 12.3 Å². The fourth-order valence-corrected chi connectivity index (χ4v) is 3.50. The lowest BCUT2D eigenvalue weighted by Crippen LogP contribution is -2.54. The summed E-state index contributed by atoms with van der Waals surface area (Å²) in [5, 5.41) is 15.3. The average Bonchev–Trinajstić information content (AvgIpc) is 2.70. The molecule has 34 heavy (non-hydrogen) atoms. The lowest BCUT2D eigenvalue weighted by atomic mass is 9.96. The van der Waals surface area contributed by atoms with Crippen molar-refractivity contribution in [3.63, 3.8) is 0 Å². The molecule has 0 aliphatic rings. The maximum Gasteiger partial charge on any atom is 0.408 e. The number of carbonyl (C=O) groups is 3. The van der Waals surface area contributed by atoms with Crippen molar-refractivity contribution < 1.29 is 24.2 Å². The van der Waals surface area contributed by atoms with Gasteiger partial charge in [-0.1, -0.05) is 38.0 Å². The normalized spacial score (nSPS) is 13.1. The first-order valence-electron chi connectivity index (χ1n) is 11.6. The highest BCUT2D eigenvalue weighted by atomic mass is 16.6. The first-order chi connectivity index (χ1) is 15.8. The molecule has 2 atom stereocenters. The van der Waals surface area contributed by atoms with E-state index in [4.69, 9.17) is 11.2 Å². The van der Waals surface area contributed by atoms with Crippen molar-refractivity contribution >= 4 is 17.9 Å². The van der Waals surface area contributed by atoms with E-state index in [0.717, 1.165) is 0 Å². The van der Waals surface area contributed by atoms with Gasteiger partial charge < -0.3 is 25.4 Å². The number of hydrogen-bond donors (Lipinski definition) is 3. The number of nitrogens with one attached hydrogen (secondary N) is 2. The summed E-state index contributed by atoms with van der Waals surface area (Å²) in [6.45, 7) is 12.1. The summed E-state index contributed by atoms with van der Waals surface area (Å²) in [7, 11) is 0. The predicted octanol–water partition coefficient (Wildman–Crippen LogP) is 2.99. The third kappa shape index (κ3) is 9.06. The highest BCUT2D eigenvalue weighted by Crippen LogP contribution is 2.26. The summed E-state index contributed by atoms with van der Waals surface area (Å²) >= 11 is 0. The summed E-state index contributed by atoms with van der Waals surface area (Å²) in [6, 6.07) is 4.62. The number of aliphatic hydroxyl groups excluding tert-OH is 1. The van der Waals surface area contributed by atoms with Crippen LogP contribution < -0.4 is 10.6 Å². The summed E-state index contributed by atoms with van der Waals surface area (Å²) in [6.07, 6.45) is 5.26. The van der Waals surface area contributed by atoms with Crippen LogP contribution in [0.15, 0.2) is 24.3 Å².